The molecule has 2 aromatic carbocycles. The van der Waals surface area contributed by atoms with Crippen LogP contribution < -0.4 is 16.4 Å². The maximum absolute atomic E-state index is 15.3. The summed E-state index contributed by atoms with van der Waals surface area (Å²) >= 11 is 1.20. The van der Waals surface area contributed by atoms with Crippen LogP contribution in [0.3, 0.4) is 0 Å². The van der Waals surface area contributed by atoms with E-state index in [9.17, 15) is 31.5 Å². The molecule has 18 heteroatoms. The second kappa shape index (κ2) is 13.5. The van der Waals surface area contributed by atoms with Gasteiger partial charge in [-0.3, -0.25) is 14.3 Å². The minimum atomic E-state index is -3.49. The number of carbonyl (C=O) groups is 2. The van der Waals surface area contributed by atoms with Crippen molar-refractivity contribution in [3.63, 3.8) is 0 Å². The third-order valence-corrected chi connectivity index (χ3v) is 9.97. The lowest BCUT2D eigenvalue weighted by atomic mass is 9.94. The summed E-state index contributed by atoms with van der Waals surface area (Å²) in [5.41, 5.74) is 3.87. The monoisotopic (exact) mass is 747 g/mol. The van der Waals surface area contributed by atoms with Gasteiger partial charge in [-0.2, -0.15) is 13.9 Å². The average molecular weight is 748 g/mol. The highest BCUT2D eigenvalue weighted by Gasteiger charge is 2.67. The number of benzene rings is 2. The first kappa shape index (κ1) is 35.3. The zero-order valence-corrected chi connectivity index (χ0v) is 27.8. The number of anilines is 1. The maximum atomic E-state index is 15.3. The molecule has 272 valence electrons. The molecule has 3 heterocycles. The highest BCUT2D eigenvalue weighted by molar-refractivity contribution is 7.22. The topological polar surface area (TPSA) is 137 Å². The third kappa shape index (κ3) is 6.55. The van der Waals surface area contributed by atoms with Gasteiger partial charge in [0.25, 0.3) is 18.3 Å². The zero-order valence-electron chi connectivity index (χ0n) is 27.0. The fourth-order valence-corrected chi connectivity index (χ4v) is 7.60. The molecule has 1 fully saturated rings. The SMILES string of the molecule is COCCNc1nc2nc([C@H](Cc3cc(F)cc(F)c3)NC(=O)Cn3nc(C(F)F)c4c3C(F)(F)C3C[C@H]43)c(-c3ccc(F)c(C(N)=O)c3)cc2s1. The fourth-order valence-electron chi connectivity index (χ4n) is 6.73. The van der Waals surface area contributed by atoms with Crippen LogP contribution in [-0.4, -0.2) is 51.8 Å². The second-order valence-electron chi connectivity index (χ2n) is 12.5. The van der Waals surface area contributed by atoms with Gasteiger partial charge >= 0.3 is 0 Å². The number of alkyl halides is 4. The average Bonchev–Trinajstić information content (AvgIpc) is 3.55. The molecular weight excluding hydrogens is 719 g/mol. The highest BCUT2D eigenvalue weighted by atomic mass is 32.1. The number of methoxy groups -OCH3 is 1. The number of ether oxygens (including phenoxy) is 1. The fraction of sp³-hybridized carbons (Fsp3) is 0.324. The summed E-state index contributed by atoms with van der Waals surface area (Å²) in [6.07, 6.45) is -3.45. The zero-order chi connectivity index (χ0) is 37.1. The summed E-state index contributed by atoms with van der Waals surface area (Å²) in [7, 11) is 1.52. The number of halogens is 7. The van der Waals surface area contributed by atoms with Crippen LogP contribution in [0.15, 0.2) is 42.5 Å². The Labute approximate surface area is 294 Å². The van der Waals surface area contributed by atoms with Gasteiger partial charge in [0, 0.05) is 36.8 Å². The largest absolute Gasteiger partial charge is 0.383 e. The van der Waals surface area contributed by atoms with Crippen LogP contribution in [-0.2, 0) is 28.4 Å². The first-order chi connectivity index (χ1) is 24.7. The van der Waals surface area contributed by atoms with Crippen LogP contribution in [0.4, 0.5) is 35.9 Å². The minimum absolute atomic E-state index is 0.0297. The van der Waals surface area contributed by atoms with E-state index < -0.39 is 83.0 Å². The van der Waals surface area contributed by atoms with Gasteiger partial charge in [0.2, 0.25) is 5.91 Å². The van der Waals surface area contributed by atoms with E-state index in [0.29, 0.717) is 33.7 Å². The van der Waals surface area contributed by atoms with Crippen molar-refractivity contribution in [2.75, 3.05) is 25.6 Å². The summed E-state index contributed by atoms with van der Waals surface area (Å²) < 4.78 is 108. The smallest absolute Gasteiger partial charge is 0.293 e. The number of nitrogens with one attached hydrogen (secondary N) is 2. The Hall–Kier alpha value is -5.10. The molecule has 0 spiro atoms. The number of primary amides is 1. The van der Waals surface area contributed by atoms with Gasteiger partial charge in [-0.25, -0.2) is 31.9 Å². The molecule has 0 aliphatic heterocycles. The molecule has 10 nitrogen and oxygen atoms in total. The molecule has 2 aliphatic rings. The number of amides is 2. The third-order valence-electron chi connectivity index (χ3n) is 9.03. The lowest BCUT2D eigenvalue weighted by Crippen LogP contribution is -2.35. The predicted octanol–water partition coefficient (Wildman–Crippen LogP) is 6.38. The van der Waals surface area contributed by atoms with E-state index in [2.05, 4.69) is 20.7 Å². The van der Waals surface area contributed by atoms with Gasteiger partial charge in [0.1, 0.15) is 35.4 Å². The molecule has 3 atom stereocenters. The molecule has 5 aromatic rings. The van der Waals surface area contributed by atoms with Gasteiger partial charge in [0.05, 0.1) is 28.6 Å². The Morgan fingerprint density at radius 3 is 2.52 bits per heavy atom. The molecule has 2 amide bonds. The van der Waals surface area contributed by atoms with E-state index in [-0.39, 0.29) is 46.4 Å². The first-order valence-electron chi connectivity index (χ1n) is 15.9. The van der Waals surface area contributed by atoms with Crippen LogP contribution in [0.1, 0.15) is 63.4 Å². The normalized spacial score (nSPS) is 17.6. The highest BCUT2D eigenvalue weighted by Crippen LogP contribution is 2.68. The predicted molar refractivity (Wildman–Crippen MR) is 175 cm³/mol. The summed E-state index contributed by atoms with van der Waals surface area (Å²) in [6.45, 7) is -0.151. The minimum Gasteiger partial charge on any atom is -0.383 e. The molecular formula is C34H28F7N7O3S. The Morgan fingerprint density at radius 2 is 1.83 bits per heavy atom. The van der Waals surface area contributed by atoms with Gasteiger partial charge in [-0.15, -0.1) is 0 Å². The van der Waals surface area contributed by atoms with Crippen molar-refractivity contribution in [1.82, 2.24) is 25.1 Å². The van der Waals surface area contributed by atoms with Crippen molar-refractivity contribution < 1.29 is 45.1 Å². The molecule has 52 heavy (non-hydrogen) atoms. The van der Waals surface area contributed by atoms with Crippen LogP contribution in [0.5, 0.6) is 0 Å². The molecule has 4 N–H and O–H groups in total. The Bertz CT molecular complexity index is 2210. The number of aromatic nitrogens is 4. The van der Waals surface area contributed by atoms with E-state index in [1.165, 1.54) is 30.6 Å². The Morgan fingerprint density at radius 1 is 1.08 bits per heavy atom. The maximum Gasteiger partial charge on any atom is 0.293 e. The van der Waals surface area contributed by atoms with E-state index in [4.69, 9.17) is 15.5 Å². The van der Waals surface area contributed by atoms with Crippen molar-refractivity contribution in [2.45, 2.75) is 43.7 Å². The molecule has 3 aromatic heterocycles. The Kier molecular flexibility index (Phi) is 9.14. The van der Waals surface area contributed by atoms with Gasteiger partial charge < -0.3 is 21.1 Å². The lowest BCUT2D eigenvalue weighted by molar-refractivity contribution is -0.123. The van der Waals surface area contributed by atoms with Crippen molar-refractivity contribution in [2.24, 2.45) is 11.7 Å². The Balaban J connectivity index is 1.33. The summed E-state index contributed by atoms with van der Waals surface area (Å²) in [5.74, 6) is -10.2. The number of nitrogens with zero attached hydrogens (tertiary/aromatic N) is 4. The number of rotatable bonds is 13. The number of thiazole rings is 1. The van der Waals surface area contributed by atoms with Crippen molar-refractivity contribution in [3.8, 4) is 11.1 Å². The molecule has 7 rings (SSSR count). The van der Waals surface area contributed by atoms with E-state index in [0.717, 1.165) is 18.2 Å². The molecule has 0 saturated heterocycles. The van der Waals surface area contributed by atoms with E-state index >= 15 is 8.78 Å². The number of hydrogen-bond donors (Lipinski definition) is 3. The van der Waals surface area contributed by atoms with Crippen molar-refractivity contribution in [1.29, 1.82) is 0 Å². The van der Waals surface area contributed by atoms with Crippen molar-refractivity contribution >= 4 is 38.6 Å². The van der Waals surface area contributed by atoms with E-state index in [1.54, 1.807) is 6.07 Å². The summed E-state index contributed by atoms with van der Waals surface area (Å²) in [4.78, 5) is 35.0. The van der Waals surface area contributed by atoms with Crippen LogP contribution >= 0.6 is 11.3 Å². The quantitative estimate of drug-likeness (QED) is 0.0940. The second-order valence-corrected chi connectivity index (χ2v) is 13.6. The molecule has 1 unspecified atom stereocenters. The summed E-state index contributed by atoms with van der Waals surface area (Å²) in [5, 5.41) is 9.89. The molecule has 1 saturated carbocycles. The number of pyridine rings is 1. The number of hydrogen-bond acceptors (Lipinski definition) is 8. The van der Waals surface area contributed by atoms with Gasteiger partial charge in [-0.1, -0.05) is 17.4 Å². The van der Waals surface area contributed by atoms with Crippen LogP contribution in [0.2, 0.25) is 0 Å². The number of nitrogens with two attached hydrogens (primary N) is 1. The molecule has 0 radical (unpaired) electrons. The van der Waals surface area contributed by atoms with E-state index in [1.807, 2.05) is 0 Å². The van der Waals surface area contributed by atoms with Crippen LogP contribution in [0.25, 0.3) is 21.5 Å². The standard InChI is InChI=1S/C34H28F7N7O3S/c1-51-5-4-43-33-46-32-24(52-33)12-18(15-2-3-22(37)20(9-15)31(42)50)27(45-32)23(8-14-6-16(35)10-17(36)7-14)44-25(49)13-48-29-26(28(47-48)30(38)39)19-11-21(19)34(29,40)41/h2-3,6-7,9-10,12,19,21,23,30H,4-5,8,11,13H2,1H3,(H2,42,50)(H,44,49)(H,43,45,46)/t19-,21?,23-/m0/s1. The van der Waals surface area contributed by atoms with Crippen LogP contribution in [0, 0.1) is 23.4 Å². The first-order valence-corrected chi connectivity index (χ1v) is 16.7. The molecule has 0 bridgehead atoms. The summed E-state index contributed by atoms with van der Waals surface area (Å²) in [6, 6.07) is 6.53. The van der Waals surface area contributed by atoms with Crippen molar-refractivity contribution in [3.05, 3.63) is 93.7 Å². The lowest BCUT2D eigenvalue weighted by Gasteiger charge is -2.23. The number of carbonyl (C=O) groups excluding carboxylic acids is 2. The molecule has 2 aliphatic carbocycles. The van der Waals surface area contributed by atoms with Gasteiger partial charge in [-0.05, 0) is 60.2 Å². The van der Waals surface area contributed by atoms with Gasteiger partial charge in [0.15, 0.2) is 10.8 Å². The number of fused-ring (bicyclic) bond motifs is 4.